The van der Waals surface area contributed by atoms with Crippen molar-refractivity contribution in [1.82, 2.24) is 10.2 Å². The van der Waals surface area contributed by atoms with Crippen molar-refractivity contribution in [2.75, 3.05) is 20.6 Å². The lowest BCUT2D eigenvalue weighted by Crippen LogP contribution is -2.46. The van der Waals surface area contributed by atoms with E-state index in [9.17, 15) is 0 Å². The van der Waals surface area contributed by atoms with Gasteiger partial charge in [0.2, 0.25) is 0 Å². The molecule has 15 heavy (non-hydrogen) atoms. The van der Waals surface area contributed by atoms with Gasteiger partial charge in [-0.15, -0.1) is 0 Å². The van der Waals surface area contributed by atoms with E-state index in [0.29, 0.717) is 12.1 Å². The average Bonchev–Trinajstić information content (AvgIpc) is 2.17. The SMILES string of the molecule is CC(CN(C)C)NC1CCCCC1C#N. The van der Waals surface area contributed by atoms with Gasteiger partial charge in [-0.3, -0.25) is 0 Å². The summed E-state index contributed by atoms with van der Waals surface area (Å²) >= 11 is 0. The van der Waals surface area contributed by atoms with Crippen molar-refractivity contribution in [3.63, 3.8) is 0 Å². The number of hydrogen-bond acceptors (Lipinski definition) is 3. The molecule has 1 fully saturated rings. The molecule has 1 rings (SSSR count). The molecule has 1 aliphatic carbocycles. The van der Waals surface area contributed by atoms with Gasteiger partial charge in [-0.05, 0) is 33.9 Å². The lowest BCUT2D eigenvalue weighted by atomic mass is 9.85. The zero-order chi connectivity index (χ0) is 11.3. The van der Waals surface area contributed by atoms with Crippen LogP contribution in [0, 0.1) is 17.2 Å². The molecular weight excluding hydrogens is 186 g/mol. The Morgan fingerprint density at radius 2 is 2.07 bits per heavy atom. The lowest BCUT2D eigenvalue weighted by Gasteiger charge is -2.31. The number of rotatable bonds is 4. The minimum atomic E-state index is 0.225. The van der Waals surface area contributed by atoms with Crippen LogP contribution in [0.1, 0.15) is 32.6 Å². The minimum Gasteiger partial charge on any atom is -0.309 e. The smallest absolute Gasteiger partial charge is 0.0672 e. The Labute approximate surface area is 93.5 Å². The van der Waals surface area contributed by atoms with Gasteiger partial charge < -0.3 is 10.2 Å². The molecule has 1 N–H and O–H groups in total. The van der Waals surface area contributed by atoms with Crippen LogP contribution in [0.15, 0.2) is 0 Å². The number of likely N-dealkylation sites (N-methyl/N-ethyl adjacent to an activating group) is 1. The third kappa shape index (κ3) is 4.19. The highest BCUT2D eigenvalue weighted by molar-refractivity contribution is 4.95. The molecule has 3 unspecified atom stereocenters. The Hall–Kier alpha value is -0.590. The van der Waals surface area contributed by atoms with E-state index in [4.69, 9.17) is 5.26 Å². The van der Waals surface area contributed by atoms with Crippen molar-refractivity contribution in [3.05, 3.63) is 0 Å². The number of nitrogens with one attached hydrogen (secondary N) is 1. The van der Waals surface area contributed by atoms with Crippen molar-refractivity contribution in [3.8, 4) is 6.07 Å². The summed E-state index contributed by atoms with van der Waals surface area (Å²) in [5.41, 5.74) is 0. The summed E-state index contributed by atoms with van der Waals surface area (Å²) < 4.78 is 0. The molecule has 0 spiro atoms. The summed E-state index contributed by atoms with van der Waals surface area (Å²) in [6.07, 6.45) is 4.72. The van der Waals surface area contributed by atoms with Gasteiger partial charge in [0.25, 0.3) is 0 Å². The van der Waals surface area contributed by atoms with Gasteiger partial charge in [-0.1, -0.05) is 12.8 Å². The van der Waals surface area contributed by atoms with Crippen LogP contribution in [0.4, 0.5) is 0 Å². The quantitative estimate of drug-likeness (QED) is 0.764. The second-order valence-corrected chi connectivity index (χ2v) is 4.96. The maximum Gasteiger partial charge on any atom is 0.0672 e. The predicted octanol–water partition coefficient (Wildman–Crippen LogP) is 1.61. The van der Waals surface area contributed by atoms with Crippen LogP contribution in [-0.4, -0.2) is 37.6 Å². The molecule has 0 saturated heterocycles. The van der Waals surface area contributed by atoms with Crippen molar-refractivity contribution >= 4 is 0 Å². The van der Waals surface area contributed by atoms with E-state index in [2.05, 4.69) is 37.3 Å². The maximum absolute atomic E-state index is 9.06. The fourth-order valence-electron chi connectivity index (χ4n) is 2.45. The summed E-state index contributed by atoms with van der Waals surface area (Å²) in [4.78, 5) is 2.18. The molecule has 0 bridgehead atoms. The molecule has 3 atom stereocenters. The Bertz CT molecular complexity index is 219. The van der Waals surface area contributed by atoms with E-state index >= 15 is 0 Å². The molecule has 0 aromatic rings. The average molecular weight is 209 g/mol. The van der Waals surface area contributed by atoms with Gasteiger partial charge in [0.1, 0.15) is 0 Å². The third-order valence-corrected chi connectivity index (χ3v) is 3.07. The van der Waals surface area contributed by atoms with Gasteiger partial charge in [0, 0.05) is 18.6 Å². The second kappa shape index (κ2) is 6.09. The summed E-state index contributed by atoms with van der Waals surface area (Å²) in [6.45, 7) is 3.23. The van der Waals surface area contributed by atoms with Crippen LogP contribution in [0.3, 0.4) is 0 Å². The first-order valence-corrected chi connectivity index (χ1v) is 5.94. The van der Waals surface area contributed by atoms with Gasteiger partial charge in [0.05, 0.1) is 12.0 Å². The van der Waals surface area contributed by atoms with E-state index in [0.717, 1.165) is 19.4 Å². The van der Waals surface area contributed by atoms with Crippen molar-refractivity contribution < 1.29 is 0 Å². The Balaban J connectivity index is 2.38. The Morgan fingerprint density at radius 3 is 2.67 bits per heavy atom. The lowest BCUT2D eigenvalue weighted by molar-refractivity contribution is 0.262. The highest BCUT2D eigenvalue weighted by Crippen LogP contribution is 2.24. The van der Waals surface area contributed by atoms with Crippen LogP contribution in [0.25, 0.3) is 0 Å². The molecule has 1 aliphatic rings. The normalized spacial score (nSPS) is 28.7. The number of hydrogen-bond donors (Lipinski definition) is 1. The molecule has 0 heterocycles. The number of nitriles is 1. The number of nitrogens with zero attached hydrogens (tertiary/aromatic N) is 2. The molecule has 0 aromatic heterocycles. The molecule has 1 saturated carbocycles. The molecule has 0 amide bonds. The van der Waals surface area contributed by atoms with Crippen molar-refractivity contribution in [2.45, 2.75) is 44.7 Å². The standard InChI is InChI=1S/C12H23N3/c1-10(9-15(2)3)14-12-7-5-4-6-11(12)8-13/h10-12,14H,4-7,9H2,1-3H3. The fraction of sp³-hybridized carbons (Fsp3) is 0.917. The van der Waals surface area contributed by atoms with Crippen LogP contribution < -0.4 is 5.32 Å². The van der Waals surface area contributed by atoms with Crippen molar-refractivity contribution in [1.29, 1.82) is 5.26 Å². The minimum absolute atomic E-state index is 0.225. The van der Waals surface area contributed by atoms with Gasteiger partial charge in [-0.2, -0.15) is 5.26 Å². The largest absolute Gasteiger partial charge is 0.309 e. The topological polar surface area (TPSA) is 39.1 Å². The second-order valence-electron chi connectivity index (χ2n) is 4.96. The van der Waals surface area contributed by atoms with E-state index < -0.39 is 0 Å². The zero-order valence-corrected chi connectivity index (χ0v) is 10.2. The Morgan fingerprint density at radius 1 is 1.40 bits per heavy atom. The summed E-state index contributed by atoms with van der Waals surface area (Å²) in [7, 11) is 4.17. The van der Waals surface area contributed by atoms with Crippen molar-refractivity contribution in [2.24, 2.45) is 5.92 Å². The van der Waals surface area contributed by atoms with Crippen LogP contribution in [-0.2, 0) is 0 Å². The molecule has 3 heteroatoms. The first-order chi connectivity index (χ1) is 7.13. The highest BCUT2D eigenvalue weighted by atomic mass is 15.1. The predicted molar refractivity (Wildman–Crippen MR) is 62.5 cm³/mol. The molecule has 0 radical (unpaired) electrons. The third-order valence-electron chi connectivity index (χ3n) is 3.07. The van der Waals surface area contributed by atoms with E-state index in [1.165, 1.54) is 12.8 Å². The molecular formula is C12H23N3. The highest BCUT2D eigenvalue weighted by Gasteiger charge is 2.25. The van der Waals surface area contributed by atoms with Crippen LogP contribution >= 0.6 is 0 Å². The fourth-order valence-corrected chi connectivity index (χ4v) is 2.45. The van der Waals surface area contributed by atoms with Crippen LogP contribution in [0.2, 0.25) is 0 Å². The molecule has 3 nitrogen and oxygen atoms in total. The first-order valence-electron chi connectivity index (χ1n) is 5.94. The first kappa shape index (κ1) is 12.5. The van der Waals surface area contributed by atoms with E-state index in [-0.39, 0.29) is 5.92 Å². The van der Waals surface area contributed by atoms with E-state index in [1.54, 1.807) is 0 Å². The van der Waals surface area contributed by atoms with Gasteiger partial charge in [0.15, 0.2) is 0 Å². The van der Waals surface area contributed by atoms with E-state index in [1.807, 2.05) is 0 Å². The summed E-state index contributed by atoms with van der Waals surface area (Å²) in [6, 6.07) is 3.32. The maximum atomic E-state index is 9.06. The monoisotopic (exact) mass is 209 g/mol. The Kier molecular flexibility index (Phi) is 5.07. The summed E-state index contributed by atoms with van der Waals surface area (Å²) in [5.74, 6) is 0.225. The molecule has 0 aromatic carbocycles. The molecule has 86 valence electrons. The van der Waals surface area contributed by atoms with Gasteiger partial charge in [-0.25, -0.2) is 0 Å². The van der Waals surface area contributed by atoms with Crippen LogP contribution in [0.5, 0.6) is 0 Å². The van der Waals surface area contributed by atoms with Gasteiger partial charge >= 0.3 is 0 Å². The zero-order valence-electron chi connectivity index (χ0n) is 10.2. The molecule has 0 aliphatic heterocycles. The summed E-state index contributed by atoms with van der Waals surface area (Å²) in [5, 5.41) is 12.6.